The summed E-state index contributed by atoms with van der Waals surface area (Å²) in [6.45, 7) is 9.17. The third kappa shape index (κ3) is 2.53. The number of aromatic nitrogens is 2. The highest BCUT2D eigenvalue weighted by atomic mass is 16.5. The number of carbonyl (C=O) groups is 1. The van der Waals surface area contributed by atoms with Gasteiger partial charge in [-0.1, -0.05) is 0 Å². The smallest absolute Gasteiger partial charge is 0.272 e. The normalized spacial score (nSPS) is 22.8. The molecule has 5 heteroatoms. The zero-order valence-electron chi connectivity index (χ0n) is 13.0. The molecule has 0 aromatic carbocycles. The molecule has 1 aliphatic heterocycles. The van der Waals surface area contributed by atoms with E-state index in [0.29, 0.717) is 18.8 Å². The molecule has 2 aromatic heterocycles. The summed E-state index contributed by atoms with van der Waals surface area (Å²) in [6, 6.07) is 3.99. The van der Waals surface area contributed by atoms with Gasteiger partial charge in [-0.2, -0.15) is 0 Å². The van der Waals surface area contributed by atoms with E-state index in [0.717, 1.165) is 16.9 Å². The number of rotatable bonds is 1. The Labute approximate surface area is 124 Å². The van der Waals surface area contributed by atoms with Crippen LogP contribution in [0.15, 0.2) is 18.3 Å². The minimum Gasteiger partial charge on any atom is -0.372 e. The molecule has 5 nitrogen and oxygen atoms in total. The van der Waals surface area contributed by atoms with E-state index in [9.17, 15) is 4.79 Å². The summed E-state index contributed by atoms with van der Waals surface area (Å²) in [5.41, 5.74) is 3.40. The number of morpholine rings is 1. The minimum atomic E-state index is 0.0332. The van der Waals surface area contributed by atoms with E-state index >= 15 is 0 Å². The van der Waals surface area contributed by atoms with Crippen LogP contribution < -0.4 is 0 Å². The summed E-state index contributed by atoms with van der Waals surface area (Å²) in [4.78, 5) is 19.3. The summed E-state index contributed by atoms with van der Waals surface area (Å²) < 4.78 is 7.59. The Morgan fingerprint density at radius 1 is 1.29 bits per heavy atom. The third-order valence-corrected chi connectivity index (χ3v) is 3.87. The van der Waals surface area contributed by atoms with Crippen molar-refractivity contribution in [2.75, 3.05) is 13.1 Å². The SMILES string of the molecule is Cc1ccn2c(C(=O)N3CC(C)OC(C)C3)c(C)nc2c1. The van der Waals surface area contributed by atoms with Gasteiger partial charge in [0.1, 0.15) is 11.3 Å². The molecular formula is C16H21N3O2. The van der Waals surface area contributed by atoms with E-state index in [1.165, 1.54) is 0 Å². The average molecular weight is 287 g/mol. The second-order valence-corrected chi connectivity index (χ2v) is 5.95. The van der Waals surface area contributed by atoms with Crippen LogP contribution in [0.5, 0.6) is 0 Å². The predicted octanol–water partition coefficient (Wildman–Crippen LogP) is 2.20. The van der Waals surface area contributed by atoms with Crippen molar-refractivity contribution >= 4 is 11.6 Å². The first-order chi connectivity index (χ1) is 9.95. The van der Waals surface area contributed by atoms with Gasteiger partial charge in [0.25, 0.3) is 5.91 Å². The minimum absolute atomic E-state index is 0.0332. The number of fused-ring (bicyclic) bond motifs is 1. The van der Waals surface area contributed by atoms with Gasteiger partial charge >= 0.3 is 0 Å². The van der Waals surface area contributed by atoms with Crippen LogP contribution in [0.25, 0.3) is 5.65 Å². The van der Waals surface area contributed by atoms with E-state index < -0.39 is 0 Å². The number of carbonyl (C=O) groups excluding carboxylic acids is 1. The lowest BCUT2D eigenvalue weighted by atomic mass is 10.2. The molecule has 21 heavy (non-hydrogen) atoms. The fraction of sp³-hybridized carbons (Fsp3) is 0.500. The van der Waals surface area contributed by atoms with Crippen LogP contribution >= 0.6 is 0 Å². The van der Waals surface area contributed by atoms with Gasteiger partial charge in [0.2, 0.25) is 0 Å². The summed E-state index contributed by atoms with van der Waals surface area (Å²) in [6.07, 6.45) is 2.06. The molecule has 1 amide bonds. The monoisotopic (exact) mass is 287 g/mol. The van der Waals surface area contributed by atoms with Gasteiger partial charge < -0.3 is 9.64 Å². The molecule has 0 aliphatic carbocycles. The Bertz CT molecular complexity index is 682. The maximum Gasteiger partial charge on any atom is 0.272 e. The van der Waals surface area contributed by atoms with Crippen molar-refractivity contribution in [2.45, 2.75) is 39.9 Å². The predicted molar refractivity (Wildman–Crippen MR) is 80.6 cm³/mol. The van der Waals surface area contributed by atoms with Crippen LogP contribution in [-0.2, 0) is 4.74 Å². The van der Waals surface area contributed by atoms with Crippen molar-refractivity contribution in [3.05, 3.63) is 35.3 Å². The maximum atomic E-state index is 12.9. The van der Waals surface area contributed by atoms with E-state index in [2.05, 4.69) is 4.98 Å². The molecule has 0 N–H and O–H groups in total. The van der Waals surface area contributed by atoms with Gasteiger partial charge in [-0.3, -0.25) is 9.20 Å². The van der Waals surface area contributed by atoms with Crippen LogP contribution in [0.3, 0.4) is 0 Å². The largest absolute Gasteiger partial charge is 0.372 e. The van der Waals surface area contributed by atoms with Crippen LogP contribution in [0, 0.1) is 13.8 Å². The molecule has 2 aromatic rings. The van der Waals surface area contributed by atoms with E-state index in [1.807, 2.05) is 55.3 Å². The van der Waals surface area contributed by atoms with Gasteiger partial charge in [-0.15, -0.1) is 0 Å². The number of imidazole rings is 1. The highest BCUT2D eigenvalue weighted by molar-refractivity contribution is 5.94. The number of pyridine rings is 1. The number of amides is 1. The zero-order valence-corrected chi connectivity index (χ0v) is 13.0. The average Bonchev–Trinajstić information content (AvgIpc) is 2.71. The van der Waals surface area contributed by atoms with E-state index in [4.69, 9.17) is 4.74 Å². The third-order valence-electron chi connectivity index (χ3n) is 3.87. The lowest BCUT2D eigenvalue weighted by Gasteiger charge is -2.35. The second-order valence-electron chi connectivity index (χ2n) is 5.95. The molecule has 3 heterocycles. The van der Waals surface area contributed by atoms with Crippen LogP contribution in [0.1, 0.15) is 35.6 Å². The molecule has 0 spiro atoms. The Kier molecular flexibility index (Phi) is 3.45. The summed E-state index contributed by atoms with van der Waals surface area (Å²) in [5, 5.41) is 0. The number of nitrogens with zero attached hydrogens (tertiary/aromatic N) is 3. The molecule has 1 aliphatic rings. The standard InChI is InChI=1S/C16H21N3O2/c1-10-5-6-19-14(7-10)17-13(4)15(19)16(20)18-8-11(2)21-12(3)9-18/h5-7,11-12H,8-9H2,1-4H3. The second kappa shape index (κ2) is 5.15. The Morgan fingerprint density at radius 2 is 1.95 bits per heavy atom. The number of ether oxygens (including phenoxy) is 1. The fourth-order valence-corrected chi connectivity index (χ4v) is 3.02. The molecule has 0 radical (unpaired) electrons. The topological polar surface area (TPSA) is 46.8 Å². The molecule has 0 bridgehead atoms. The first kappa shape index (κ1) is 14.1. The van der Waals surface area contributed by atoms with Gasteiger partial charge in [0.05, 0.1) is 17.9 Å². The van der Waals surface area contributed by atoms with Gasteiger partial charge in [0, 0.05) is 19.3 Å². The van der Waals surface area contributed by atoms with Gasteiger partial charge in [-0.05, 0) is 45.4 Å². The quantitative estimate of drug-likeness (QED) is 0.808. The molecule has 2 atom stereocenters. The van der Waals surface area contributed by atoms with Crippen LogP contribution in [0.4, 0.5) is 0 Å². The Balaban J connectivity index is 1.99. The van der Waals surface area contributed by atoms with Crippen molar-refractivity contribution in [1.82, 2.24) is 14.3 Å². The zero-order chi connectivity index (χ0) is 15.1. The van der Waals surface area contributed by atoms with Gasteiger partial charge in [0.15, 0.2) is 0 Å². The summed E-state index contributed by atoms with van der Waals surface area (Å²) in [5.74, 6) is 0.0332. The highest BCUT2D eigenvalue weighted by Crippen LogP contribution is 2.18. The summed E-state index contributed by atoms with van der Waals surface area (Å²) >= 11 is 0. The molecule has 3 rings (SSSR count). The van der Waals surface area contributed by atoms with Crippen molar-refractivity contribution in [3.63, 3.8) is 0 Å². The van der Waals surface area contributed by atoms with Crippen LogP contribution in [0.2, 0.25) is 0 Å². The number of aryl methyl sites for hydroxylation is 2. The van der Waals surface area contributed by atoms with E-state index in [1.54, 1.807) is 0 Å². The molecular weight excluding hydrogens is 266 g/mol. The van der Waals surface area contributed by atoms with Crippen molar-refractivity contribution in [3.8, 4) is 0 Å². The van der Waals surface area contributed by atoms with Crippen molar-refractivity contribution in [1.29, 1.82) is 0 Å². The molecule has 1 saturated heterocycles. The maximum absolute atomic E-state index is 12.9. The van der Waals surface area contributed by atoms with E-state index in [-0.39, 0.29) is 18.1 Å². The molecule has 2 unspecified atom stereocenters. The first-order valence-electron chi connectivity index (χ1n) is 7.35. The van der Waals surface area contributed by atoms with Crippen LogP contribution in [-0.4, -0.2) is 45.5 Å². The van der Waals surface area contributed by atoms with Crippen molar-refractivity contribution in [2.24, 2.45) is 0 Å². The fourth-order valence-electron chi connectivity index (χ4n) is 3.02. The first-order valence-corrected chi connectivity index (χ1v) is 7.35. The number of hydrogen-bond donors (Lipinski definition) is 0. The molecule has 112 valence electrons. The number of hydrogen-bond acceptors (Lipinski definition) is 3. The Hall–Kier alpha value is -1.88. The Morgan fingerprint density at radius 3 is 2.62 bits per heavy atom. The highest BCUT2D eigenvalue weighted by Gasteiger charge is 2.29. The lowest BCUT2D eigenvalue weighted by molar-refractivity contribution is -0.0587. The summed E-state index contributed by atoms with van der Waals surface area (Å²) in [7, 11) is 0. The van der Waals surface area contributed by atoms with Gasteiger partial charge in [-0.25, -0.2) is 4.98 Å². The van der Waals surface area contributed by atoms with Crippen molar-refractivity contribution < 1.29 is 9.53 Å². The molecule has 0 saturated carbocycles. The lowest BCUT2D eigenvalue weighted by Crippen LogP contribution is -2.48. The molecule has 1 fully saturated rings.